The van der Waals surface area contributed by atoms with Crippen LogP contribution in [-0.2, 0) is 0 Å². The van der Waals surface area contributed by atoms with Gasteiger partial charge in [-0.25, -0.2) is 0 Å². The molecule has 1 saturated carbocycles. The Morgan fingerprint density at radius 1 is 0.842 bits per heavy atom. The second kappa shape index (κ2) is 11.6. The zero-order valence-corrected chi connectivity index (χ0v) is 13.4. The third kappa shape index (κ3) is 8.50. The van der Waals surface area contributed by atoms with Crippen molar-refractivity contribution in [2.45, 2.75) is 97.0 Å². The molecule has 0 aliphatic heterocycles. The van der Waals surface area contributed by atoms with Crippen molar-refractivity contribution in [3.8, 4) is 0 Å². The van der Waals surface area contributed by atoms with Gasteiger partial charge in [-0.05, 0) is 32.1 Å². The van der Waals surface area contributed by atoms with Crippen LogP contribution >= 0.6 is 0 Å². The largest absolute Gasteiger partial charge is 0.294 e. The Morgan fingerprint density at radius 3 is 2.00 bits per heavy atom. The summed E-state index contributed by atoms with van der Waals surface area (Å²) in [6.07, 6.45) is 17.9. The predicted octanol–water partition coefficient (Wildman–Crippen LogP) is 5.88. The molecule has 0 spiro atoms. The minimum absolute atomic E-state index is 0.978. The van der Waals surface area contributed by atoms with Crippen LogP contribution in [0.15, 0.2) is 4.99 Å². The summed E-state index contributed by atoms with van der Waals surface area (Å²) >= 11 is 0. The van der Waals surface area contributed by atoms with Crippen molar-refractivity contribution in [2.75, 3.05) is 6.54 Å². The molecule has 1 aliphatic carbocycles. The van der Waals surface area contributed by atoms with E-state index in [1.54, 1.807) is 0 Å². The van der Waals surface area contributed by atoms with E-state index in [4.69, 9.17) is 4.99 Å². The molecule has 0 radical (unpaired) electrons. The fourth-order valence-electron chi connectivity index (χ4n) is 3.15. The summed E-state index contributed by atoms with van der Waals surface area (Å²) < 4.78 is 0. The van der Waals surface area contributed by atoms with Crippen LogP contribution < -0.4 is 0 Å². The quantitative estimate of drug-likeness (QED) is 0.345. The van der Waals surface area contributed by atoms with Gasteiger partial charge in [-0.15, -0.1) is 0 Å². The number of nitrogens with zero attached hydrogens (tertiary/aromatic N) is 1. The van der Waals surface area contributed by atoms with Gasteiger partial charge in [0.2, 0.25) is 0 Å². The van der Waals surface area contributed by atoms with E-state index in [1.165, 1.54) is 88.9 Å². The minimum Gasteiger partial charge on any atom is -0.294 e. The Balaban J connectivity index is 2.14. The summed E-state index contributed by atoms with van der Waals surface area (Å²) in [5.41, 5.74) is 1.52. The van der Waals surface area contributed by atoms with Gasteiger partial charge in [-0.1, -0.05) is 64.9 Å². The average Bonchev–Trinajstić information content (AvgIpc) is 2.46. The first kappa shape index (κ1) is 16.8. The Kier molecular flexibility index (Phi) is 10.2. The van der Waals surface area contributed by atoms with Gasteiger partial charge in [-0.3, -0.25) is 4.99 Å². The lowest BCUT2D eigenvalue weighted by Gasteiger charge is -2.14. The van der Waals surface area contributed by atoms with Gasteiger partial charge >= 0.3 is 0 Å². The van der Waals surface area contributed by atoms with Crippen molar-refractivity contribution in [2.24, 2.45) is 4.99 Å². The van der Waals surface area contributed by atoms with Crippen LogP contribution in [0.25, 0.3) is 0 Å². The van der Waals surface area contributed by atoms with Crippen LogP contribution in [0.2, 0.25) is 19.0 Å². The molecule has 2 heteroatoms. The van der Waals surface area contributed by atoms with Crippen molar-refractivity contribution in [1.29, 1.82) is 0 Å². The Morgan fingerprint density at radius 2 is 1.42 bits per heavy atom. The number of hydrogen-bond acceptors (Lipinski definition) is 1. The first-order chi connectivity index (χ1) is 9.36. The van der Waals surface area contributed by atoms with Crippen LogP contribution in [0.1, 0.15) is 78.1 Å². The van der Waals surface area contributed by atoms with Gasteiger partial charge in [0, 0.05) is 12.3 Å². The van der Waals surface area contributed by atoms with Crippen LogP contribution in [0.3, 0.4) is 0 Å². The summed E-state index contributed by atoms with van der Waals surface area (Å²) in [5, 5.41) is 0. The van der Waals surface area contributed by atoms with Crippen LogP contribution in [0.5, 0.6) is 0 Å². The summed E-state index contributed by atoms with van der Waals surface area (Å²) in [7, 11) is 0. The normalized spacial score (nSPS) is 15.6. The maximum Gasteiger partial charge on any atom is 0.139 e. The number of unbranched alkanes of at least 4 members (excludes halogenated alkanes) is 2. The van der Waals surface area contributed by atoms with Gasteiger partial charge in [-0.2, -0.15) is 0 Å². The predicted molar refractivity (Wildman–Crippen MR) is 90.0 cm³/mol. The molecule has 0 aromatic heterocycles. The summed E-state index contributed by atoms with van der Waals surface area (Å²) in [4.78, 5) is 4.83. The van der Waals surface area contributed by atoms with Crippen LogP contribution in [0.4, 0.5) is 0 Å². The van der Waals surface area contributed by atoms with Gasteiger partial charge < -0.3 is 0 Å². The van der Waals surface area contributed by atoms with Crippen molar-refractivity contribution >= 4 is 12.4 Å². The molecule has 0 amide bonds. The Labute approximate surface area is 121 Å². The van der Waals surface area contributed by atoms with E-state index in [1.807, 2.05) is 0 Å². The van der Waals surface area contributed by atoms with E-state index in [0.717, 1.165) is 13.3 Å². The van der Waals surface area contributed by atoms with E-state index in [2.05, 4.69) is 13.8 Å². The molecule has 0 saturated heterocycles. The summed E-state index contributed by atoms with van der Waals surface area (Å²) in [5.74, 6) is 0. The Hall–Kier alpha value is -0.265. The molecule has 0 atom stereocenters. The zero-order valence-electron chi connectivity index (χ0n) is 13.4. The monoisotopic (exact) mass is 263 g/mol. The SMILES string of the molecule is CCCCB(CCCC)CCCN=C1CCCCC1. The molecule has 110 valence electrons. The lowest BCUT2D eigenvalue weighted by atomic mass is 9.41. The maximum absolute atomic E-state index is 4.83. The molecule has 19 heavy (non-hydrogen) atoms. The second-order valence-corrected chi connectivity index (χ2v) is 6.30. The molecule has 1 fully saturated rings. The molecule has 0 bridgehead atoms. The molecule has 0 heterocycles. The van der Waals surface area contributed by atoms with E-state index >= 15 is 0 Å². The van der Waals surface area contributed by atoms with Crippen molar-refractivity contribution in [3.63, 3.8) is 0 Å². The lowest BCUT2D eigenvalue weighted by Crippen LogP contribution is -2.12. The summed E-state index contributed by atoms with van der Waals surface area (Å²) in [6.45, 7) is 6.70. The van der Waals surface area contributed by atoms with Crippen LogP contribution in [-0.4, -0.2) is 19.0 Å². The highest BCUT2D eigenvalue weighted by molar-refractivity contribution is 6.58. The van der Waals surface area contributed by atoms with Gasteiger partial charge in [0.1, 0.15) is 6.71 Å². The summed E-state index contributed by atoms with van der Waals surface area (Å²) in [6, 6.07) is 0. The molecular formula is C17H34BN. The fraction of sp³-hybridized carbons (Fsp3) is 0.941. The van der Waals surface area contributed by atoms with E-state index in [9.17, 15) is 0 Å². The molecule has 1 rings (SSSR count). The highest BCUT2D eigenvalue weighted by atomic mass is 14.7. The maximum atomic E-state index is 4.83. The van der Waals surface area contributed by atoms with E-state index in [-0.39, 0.29) is 0 Å². The van der Waals surface area contributed by atoms with E-state index < -0.39 is 0 Å². The van der Waals surface area contributed by atoms with Crippen molar-refractivity contribution in [1.82, 2.24) is 0 Å². The highest BCUT2D eigenvalue weighted by Gasteiger charge is 2.12. The first-order valence-electron chi connectivity index (χ1n) is 8.89. The average molecular weight is 263 g/mol. The second-order valence-electron chi connectivity index (χ2n) is 6.30. The van der Waals surface area contributed by atoms with Crippen molar-refractivity contribution in [3.05, 3.63) is 0 Å². The molecule has 0 aromatic rings. The zero-order chi connectivity index (χ0) is 13.8. The number of aliphatic imine (C=N–C) groups is 1. The smallest absolute Gasteiger partial charge is 0.139 e. The fourth-order valence-corrected chi connectivity index (χ4v) is 3.15. The van der Waals surface area contributed by atoms with Crippen molar-refractivity contribution < 1.29 is 0 Å². The Bertz CT molecular complexity index is 221. The van der Waals surface area contributed by atoms with Gasteiger partial charge in [0.25, 0.3) is 0 Å². The molecule has 1 aliphatic rings. The first-order valence-corrected chi connectivity index (χ1v) is 8.89. The number of hydrogen-bond donors (Lipinski definition) is 0. The third-order valence-electron chi connectivity index (χ3n) is 4.47. The molecular weight excluding hydrogens is 229 g/mol. The van der Waals surface area contributed by atoms with Gasteiger partial charge in [0.05, 0.1) is 0 Å². The molecule has 0 N–H and O–H groups in total. The van der Waals surface area contributed by atoms with E-state index in [0.29, 0.717) is 0 Å². The molecule has 1 nitrogen and oxygen atoms in total. The molecule has 0 aromatic carbocycles. The third-order valence-corrected chi connectivity index (χ3v) is 4.47. The molecule has 0 unspecified atom stereocenters. The topological polar surface area (TPSA) is 12.4 Å². The van der Waals surface area contributed by atoms with Crippen LogP contribution in [0, 0.1) is 0 Å². The standard InChI is InChI=1S/C17H34BN/c1-3-5-13-18(14-6-4-2)15-10-16-19-17-11-8-7-9-12-17/h3-16H2,1-2H3. The minimum atomic E-state index is 0.978. The lowest BCUT2D eigenvalue weighted by molar-refractivity contribution is 0.662. The van der Waals surface area contributed by atoms with Gasteiger partial charge in [0.15, 0.2) is 0 Å². The highest BCUT2D eigenvalue weighted by Crippen LogP contribution is 2.17. The number of rotatable bonds is 10.